The van der Waals surface area contributed by atoms with Gasteiger partial charge in [-0.3, -0.25) is 4.72 Å². The van der Waals surface area contributed by atoms with Crippen LogP contribution < -0.4 is 15.2 Å². The summed E-state index contributed by atoms with van der Waals surface area (Å²) in [4.78, 5) is 0.0988. The molecule has 5 nitrogen and oxygen atoms in total. The first kappa shape index (κ1) is 15.2. The van der Waals surface area contributed by atoms with Crippen LogP contribution in [-0.2, 0) is 10.0 Å². The van der Waals surface area contributed by atoms with Gasteiger partial charge in [-0.2, -0.15) is 0 Å². The van der Waals surface area contributed by atoms with Crippen molar-refractivity contribution in [3.05, 3.63) is 47.5 Å². The molecule has 0 aromatic heterocycles. The molecule has 0 aliphatic carbocycles. The molecule has 2 rings (SSSR count). The number of sulfonamides is 1. The summed E-state index contributed by atoms with van der Waals surface area (Å²) in [7, 11) is -2.21. The van der Waals surface area contributed by atoms with E-state index in [0.717, 1.165) is 11.1 Å². The zero-order valence-electron chi connectivity index (χ0n) is 12.2. The lowest BCUT2D eigenvalue weighted by atomic mass is 10.1. The summed E-state index contributed by atoms with van der Waals surface area (Å²) in [6.07, 6.45) is 0. The van der Waals surface area contributed by atoms with Gasteiger partial charge in [-0.15, -0.1) is 0 Å². The average Bonchev–Trinajstić information content (AvgIpc) is 2.43. The molecule has 0 bridgehead atoms. The van der Waals surface area contributed by atoms with Gasteiger partial charge < -0.3 is 10.5 Å². The second kappa shape index (κ2) is 5.65. The largest absolute Gasteiger partial charge is 0.495 e. The number of anilines is 2. The number of nitrogens with one attached hydrogen (secondary N) is 1. The van der Waals surface area contributed by atoms with Crippen molar-refractivity contribution in [1.82, 2.24) is 0 Å². The lowest BCUT2D eigenvalue weighted by Crippen LogP contribution is -2.14. The molecule has 0 unspecified atom stereocenters. The Labute approximate surface area is 124 Å². The van der Waals surface area contributed by atoms with E-state index in [0.29, 0.717) is 11.4 Å². The lowest BCUT2D eigenvalue weighted by molar-refractivity contribution is 0.416. The molecule has 3 N–H and O–H groups in total. The number of ether oxygens (including phenoxy) is 1. The molecule has 0 fully saturated rings. The summed E-state index contributed by atoms with van der Waals surface area (Å²) < 4.78 is 32.4. The number of hydrogen-bond donors (Lipinski definition) is 2. The SMILES string of the molecule is COc1ccc(S(=O)(=O)Nc2cccc(C)c2C)cc1N. The van der Waals surface area contributed by atoms with Crippen molar-refractivity contribution >= 4 is 21.4 Å². The van der Waals surface area contributed by atoms with Crippen molar-refractivity contribution in [1.29, 1.82) is 0 Å². The van der Waals surface area contributed by atoms with E-state index in [1.807, 2.05) is 26.0 Å². The van der Waals surface area contributed by atoms with E-state index in [9.17, 15) is 8.42 Å². The van der Waals surface area contributed by atoms with E-state index in [1.165, 1.54) is 25.3 Å². The maximum atomic E-state index is 12.4. The Balaban J connectivity index is 2.39. The van der Waals surface area contributed by atoms with Crippen LogP contribution in [0.2, 0.25) is 0 Å². The number of hydrogen-bond acceptors (Lipinski definition) is 4. The van der Waals surface area contributed by atoms with Crippen molar-refractivity contribution in [3.8, 4) is 5.75 Å². The van der Waals surface area contributed by atoms with Gasteiger partial charge in [0.2, 0.25) is 0 Å². The minimum Gasteiger partial charge on any atom is -0.495 e. The van der Waals surface area contributed by atoms with Crippen LogP contribution in [0.3, 0.4) is 0 Å². The average molecular weight is 306 g/mol. The molecule has 2 aromatic rings. The third-order valence-corrected chi connectivity index (χ3v) is 4.72. The number of benzene rings is 2. The molecule has 21 heavy (non-hydrogen) atoms. The van der Waals surface area contributed by atoms with Crippen LogP contribution in [0.25, 0.3) is 0 Å². The summed E-state index contributed by atoms with van der Waals surface area (Å²) in [6.45, 7) is 3.80. The smallest absolute Gasteiger partial charge is 0.261 e. The minimum atomic E-state index is -3.69. The molecule has 0 amide bonds. The Kier molecular flexibility index (Phi) is 4.09. The normalized spacial score (nSPS) is 11.2. The van der Waals surface area contributed by atoms with Gasteiger partial charge >= 0.3 is 0 Å². The van der Waals surface area contributed by atoms with E-state index < -0.39 is 10.0 Å². The fourth-order valence-electron chi connectivity index (χ4n) is 1.94. The Morgan fingerprint density at radius 3 is 2.48 bits per heavy atom. The molecule has 0 radical (unpaired) electrons. The monoisotopic (exact) mass is 306 g/mol. The molecule has 112 valence electrons. The highest BCUT2D eigenvalue weighted by Crippen LogP contribution is 2.27. The van der Waals surface area contributed by atoms with E-state index in [4.69, 9.17) is 10.5 Å². The zero-order valence-corrected chi connectivity index (χ0v) is 13.0. The number of nitrogens with two attached hydrogens (primary N) is 1. The maximum Gasteiger partial charge on any atom is 0.261 e. The van der Waals surface area contributed by atoms with Crippen molar-refractivity contribution in [3.63, 3.8) is 0 Å². The second-order valence-corrected chi connectivity index (χ2v) is 6.44. The zero-order chi connectivity index (χ0) is 15.6. The van der Waals surface area contributed by atoms with Gasteiger partial charge in [0.15, 0.2) is 0 Å². The Bertz CT molecular complexity index is 770. The molecular formula is C15H18N2O3S. The molecule has 0 atom stereocenters. The van der Waals surface area contributed by atoms with Gasteiger partial charge in [-0.1, -0.05) is 12.1 Å². The molecule has 0 aliphatic rings. The van der Waals surface area contributed by atoms with Gasteiger partial charge in [0.05, 0.1) is 23.4 Å². The predicted octanol–water partition coefficient (Wildman–Crippen LogP) is 2.70. The van der Waals surface area contributed by atoms with Gasteiger partial charge in [0.25, 0.3) is 10.0 Å². The first-order chi connectivity index (χ1) is 9.85. The van der Waals surface area contributed by atoms with Crippen LogP contribution >= 0.6 is 0 Å². The van der Waals surface area contributed by atoms with E-state index in [2.05, 4.69) is 4.72 Å². The molecular weight excluding hydrogens is 288 g/mol. The maximum absolute atomic E-state index is 12.4. The molecule has 0 saturated carbocycles. The summed E-state index contributed by atoms with van der Waals surface area (Å²) in [6, 6.07) is 9.84. The number of methoxy groups -OCH3 is 1. The Hall–Kier alpha value is -2.21. The summed E-state index contributed by atoms with van der Waals surface area (Å²) in [5.41, 5.74) is 8.51. The Morgan fingerprint density at radius 1 is 1.14 bits per heavy atom. The third kappa shape index (κ3) is 3.11. The van der Waals surface area contributed by atoms with Crippen molar-refractivity contribution in [2.75, 3.05) is 17.6 Å². The van der Waals surface area contributed by atoms with Crippen LogP contribution in [0.15, 0.2) is 41.3 Å². The fraction of sp³-hybridized carbons (Fsp3) is 0.200. The fourth-order valence-corrected chi connectivity index (χ4v) is 3.10. The standard InChI is InChI=1S/C15H18N2O3S/c1-10-5-4-6-14(11(10)2)17-21(18,19)12-7-8-15(20-3)13(16)9-12/h4-9,17H,16H2,1-3H3. The van der Waals surface area contributed by atoms with Crippen LogP contribution in [0.5, 0.6) is 5.75 Å². The van der Waals surface area contributed by atoms with E-state index in [1.54, 1.807) is 6.07 Å². The first-order valence-electron chi connectivity index (χ1n) is 6.37. The molecule has 0 saturated heterocycles. The van der Waals surface area contributed by atoms with E-state index >= 15 is 0 Å². The highest BCUT2D eigenvalue weighted by Gasteiger charge is 2.17. The topological polar surface area (TPSA) is 81.4 Å². The molecule has 0 spiro atoms. The minimum absolute atomic E-state index is 0.0988. The quantitative estimate of drug-likeness (QED) is 0.851. The van der Waals surface area contributed by atoms with Gasteiger partial charge in [0, 0.05) is 0 Å². The lowest BCUT2D eigenvalue weighted by Gasteiger charge is -2.13. The molecule has 2 aromatic carbocycles. The summed E-state index contributed by atoms with van der Waals surface area (Å²) in [5, 5.41) is 0. The van der Waals surface area contributed by atoms with Crippen LogP contribution in [0.4, 0.5) is 11.4 Å². The highest BCUT2D eigenvalue weighted by atomic mass is 32.2. The summed E-state index contributed by atoms with van der Waals surface area (Å²) >= 11 is 0. The number of nitrogen functional groups attached to an aromatic ring is 1. The van der Waals surface area contributed by atoms with Crippen LogP contribution in [0, 0.1) is 13.8 Å². The number of aryl methyl sites for hydroxylation is 1. The van der Waals surface area contributed by atoms with Gasteiger partial charge in [0.1, 0.15) is 5.75 Å². The second-order valence-electron chi connectivity index (χ2n) is 4.76. The predicted molar refractivity (Wildman–Crippen MR) is 84.1 cm³/mol. The molecule has 0 aliphatic heterocycles. The van der Waals surface area contributed by atoms with Crippen molar-refractivity contribution < 1.29 is 13.2 Å². The van der Waals surface area contributed by atoms with Crippen molar-refractivity contribution in [2.45, 2.75) is 18.7 Å². The third-order valence-electron chi connectivity index (χ3n) is 3.36. The van der Waals surface area contributed by atoms with Crippen LogP contribution in [-0.4, -0.2) is 15.5 Å². The Morgan fingerprint density at radius 2 is 1.86 bits per heavy atom. The van der Waals surface area contributed by atoms with E-state index in [-0.39, 0.29) is 10.6 Å². The van der Waals surface area contributed by atoms with Gasteiger partial charge in [-0.25, -0.2) is 8.42 Å². The summed E-state index contributed by atoms with van der Waals surface area (Å²) in [5.74, 6) is 0.445. The molecule has 0 heterocycles. The van der Waals surface area contributed by atoms with Gasteiger partial charge in [-0.05, 0) is 49.2 Å². The van der Waals surface area contributed by atoms with Crippen LogP contribution in [0.1, 0.15) is 11.1 Å². The van der Waals surface area contributed by atoms with Crippen molar-refractivity contribution in [2.24, 2.45) is 0 Å². The first-order valence-corrected chi connectivity index (χ1v) is 7.86. The highest BCUT2D eigenvalue weighted by molar-refractivity contribution is 7.92. The molecule has 6 heteroatoms. The number of rotatable bonds is 4.